The van der Waals surface area contributed by atoms with Crippen molar-refractivity contribution in [1.82, 2.24) is 9.97 Å². The average Bonchev–Trinajstić information content (AvgIpc) is 3.23. The van der Waals surface area contributed by atoms with Crippen LogP contribution in [0.3, 0.4) is 0 Å². The molecular weight excluding hydrogens is 380 g/mol. The molecule has 0 aliphatic carbocycles. The zero-order valence-corrected chi connectivity index (χ0v) is 18.1. The molecule has 2 atom stereocenters. The van der Waals surface area contributed by atoms with Crippen LogP contribution in [0.15, 0.2) is 78.2 Å². The molecule has 0 aliphatic heterocycles. The summed E-state index contributed by atoms with van der Waals surface area (Å²) in [6.07, 6.45) is 14.4. The van der Waals surface area contributed by atoms with E-state index < -0.39 is 0 Å². The van der Waals surface area contributed by atoms with Gasteiger partial charge in [-0.15, -0.1) is 0 Å². The fourth-order valence-electron chi connectivity index (χ4n) is 2.86. The van der Waals surface area contributed by atoms with Crippen LogP contribution in [0.25, 0.3) is 0 Å². The molecule has 2 rings (SSSR count). The molecule has 154 valence electrons. The molecule has 0 spiro atoms. The van der Waals surface area contributed by atoms with Crippen LogP contribution in [0.4, 0.5) is 0 Å². The van der Waals surface area contributed by atoms with Crippen molar-refractivity contribution in [3.8, 4) is 0 Å². The summed E-state index contributed by atoms with van der Waals surface area (Å²) >= 11 is 6.06. The normalized spacial score (nSPS) is 14.5. The smallest absolute Gasteiger partial charge is 0.0946 e. The number of hydrogen-bond acceptors (Lipinski definition) is 2. The lowest BCUT2D eigenvalue weighted by Crippen LogP contribution is -2.18. The Bertz CT molecular complexity index is 832. The molecular formula is C24H31ClN4. The highest BCUT2D eigenvalue weighted by Crippen LogP contribution is 2.29. The van der Waals surface area contributed by atoms with Crippen molar-refractivity contribution in [2.75, 3.05) is 6.54 Å². The molecule has 2 aromatic rings. The monoisotopic (exact) mass is 410 g/mol. The second-order valence-corrected chi connectivity index (χ2v) is 7.65. The van der Waals surface area contributed by atoms with Gasteiger partial charge in [0.1, 0.15) is 0 Å². The van der Waals surface area contributed by atoms with Crippen LogP contribution in [0.5, 0.6) is 0 Å². The molecule has 2 unspecified atom stereocenters. The van der Waals surface area contributed by atoms with E-state index in [1.54, 1.807) is 6.33 Å². The van der Waals surface area contributed by atoms with Crippen LogP contribution in [-0.4, -0.2) is 22.3 Å². The summed E-state index contributed by atoms with van der Waals surface area (Å²) in [5.41, 5.74) is 9.42. The van der Waals surface area contributed by atoms with Gasteiger partial charge in [0.25, 0.3) is 0 Å². The fraction of sp³-hybridized carbons (Fsp3) is 0.333. The summed E-state index contributed by atoms with van der Waals surface area (Å²) in [6.45, 7) is 9.30. The number of hydrogen-bond donors (Lipinski definition) is 2. The first-order valence-electron chi connectivity index (χ1n) is 10.0. The van der Waals surface area contributed by atoms with Gasteiger partial charge < -0.3 is 10.7 Å². The second kappa shape index (κ2) is 12.1. The fourth-order valence-corrected chi connectivity index (χ4v) is 2.98. The first kappa shape index (κ1) is 22.7. The molecule has 0 saturated carbocycles. The number of allylic oxidation sites excluding steroid dienone is 5. The molecule has 0 fully saturated rings. The number of nitrogens with one attached hydrogen (secondary N) is 1. The highest BCUT2D eigenvalue weighted by Gasteiger charge is 2.15. The Labute approximate surface area is 179 Å². The Morgan fingerprint density at radius 1 is 1.31 bits per heavy atom. The maximum atomic E-state index is 6.25. The van der Waals surface area contributed by atoms with E-state index in [9.17, 15) is 0 Å². The number of benzene rings is 1. The van der Waals surface area contributed by atoms with Crippen LogP contribution in [0.2, 0.25) is 5.02 Å². The number of rotatable bonds is 11. The number of H-pyrrole nitrogens is 1. The molecule has 0 bridgehead atoms. The third-order valence-corrected chi connectivity index (χ3v) is 5.14. The van der Waals surface area contributed by atoms with E-state index >= 15 is 0 Å². The minimum absolute atomic E-state index is 0.0522. The van der Waals surface area contributed by atoms with E-state index in [1.807, 2.05) is 36.5 Å². The second-order valence-electron chi connectivity index (χ2n) is 7.21. The number of halogens is 1. The maximum absolute atomic E-state index is 6.25. The van der Waals surface area contributed by atoms with E-state index in [0.717, 1.165) is 29.7 Å². The average molecular weight is 411 g/mol. The predicted octanol–water partition coefficient (Wildman–Crippen LogP) is 5.85. The first-order chi connectivity index (χ1) is 14.0. The van der Waals surface area contributed by atoms with Gasteiger partial charge in [0.05, 0.1) is 12.2 Å². The van der Waals surface area contributed by atoms with Crippen molar-refractivity contribution in [2.45, 2.75) is 39.0 Å². The summed E-state index contributed by atoms with van der Waals surface area (Å²) in [6, 6.07) is 7.85. The van der Waals surface area contributed by atoms with E-state index in [2.05, 4.69) is 53.6 Å². The van der Waals surface area contributed by atoms with Crippen molar-refractivity contribution in [1.29, 1.82) is 0 Å². The minimum Gasteiger partial charge on any atom is -0.387 e. The van der Waals surface area contributed by atoms with Gasteiger partial charge in [0.15, 0.2) is 0 Å². The maximum Gasteiger partial charge on any atom is 0.0946 e. The molecule has 5 heteroatoms. The van der Waals surface area contributed by atoms with Crippen LogP contribution in [0.1, 0.15) is 43.9 Å². The largest absolute Gasteiger partial charge is 0.387 e. The number of aromatic amines is 1. The lowest BCUT2D eigenvalue weighted by Gasteiger charge is -2.18. The van der Waals surface area contributed by atoms with Crippen molar-refractivity contribution in [3.05, 3.63) is 89.5 Å². The summed E-state index contributed by atoms with van der Waals surface area (Å²) in [4.78, 5) is 11.6. The Balaban J connectivity index is 2.07. The lowest BCUT2D eigenvalue weighted by molar-refractivity contribution is 0.698. The summed E-state index contributed by atoms with van der Waals surface area (Å²) in [5, 5.41) is 0.714. The molecule has 1 heterocycles. The predicted molar refractivity (Wildman–Crippen MR) is 124 cm³/mol. The van der Waals surface area contributed by atoms with Gasteiger partial charge in [0.2, 0.25) is 0 Å². The Morgan fingerprint density at radius 2 is 2.07 bits per heavy atom. The lowest BCUT2D eigenvalue weighted by atomic mass is 9.88. The molecule has 1 aromatic carbocycles. The zero-order chi connectivity index (χ0) is 21.1. The standard InChI is InChI=1S/C24H31ClN4/c1-4-18(2)7-5-6-8-19(3)23(20-9-11-21(25)12-10-20)15-24(26)28-14-13-22-16-27-17-29-22/h5-12,16-18,23H,3-4,13-15H2,1-2H3,(H2,26,28)(H,27,29)/b7-5-,8-6-. The van der Waals surface area contributed by atoms with Gasteiger partial charge in [-0.05, 0) is 29.2 Å². The van der Waals surface area contributed by atoms with Crippen molar-refractivity contribution in [2.24, 2.45) is 16.6 Å². The van der Waals surface area contributed by atoms with Crippen molar-refractivity contribution >= 4 is 17.4 Å². The topological polar surface area (TPSA) is 67.1 Å². The van der Waals surface area contributed by atoms with Crippen LogP contribution < -0.4 is 5.73 Å². The number of imidazole rings is 1. The quantitative estimate of drug-likeness (QED) is 0.277. The van der Waals surface area contributed by atoms with Gasteiger partial charge in [0, 0.05) is 42.2 Å². The van der Waals surface area contributed by atoms with Gasteiger partial charge in [-0.3, -0.25) is 4.99 Å². The number of amidine groups is 1. The van der Waals surface area contributed by atoms with E-state index in [4.69, 9.17) is 17.3 Å². The summed E-state index contributed by atoms with van der Waals surface area (Å²) in [5.74, 6) is 1.24. The zero-order valence-electron chi connectivity index (χ0n) is 17.3. The first-order valence-corrected chi connectivity index (χ1v) is 10.4. The van der Waals surface area contributed by atoms with E-state index in [-0.39, 0.29) is 5.92 Å². The number of nitrogens with zero attached hydrogens (tertiary/aromatic N) is 2. The van der Waals surface area contributed by atoms with Crippen molar-refractivity contribution < 1.29 is 0 Å². The number of aromatic nitrogens is 2. The third kappa shape index (κ3) is 8.12. The molecule has 0 aliphatic rings. The molecule has 1 aromatic heterocycles. The van der Waals surface area contributed by atoms with Gasteiger partial charge in [-0.2, -0.15) is 0 Å². The molecule has 0 radical (unpaired) electrons. The van der Waals surface area contributed by atoms with Crippen LogP contribution >= 0.6 is 11.6 Å². The molecule has 3 N–H and O–H groups in total. The Kier molecular flexibility index (Phi) is 9.45. The summed E-state index contributed by atoms with van der Waals surface area (Å²) in [7, 11) is 0. The van der Waals surface area contributed by atoms with Gasteiger partial charge in [-0.1, -0.05) is 74.9 Å². The van der Waals surface area contributed by atoms with Crippen LogP contribution in [0, 0.1) is 5.92 Å². The number of aliphatic imine (C=N–C) groups is 1. The molecule has 4 nitrogen and oxygen atoms in total. The SMILES string of the molecule is C=C(/C=C\C=C/C(C)CC)C(CC(N)=NCCc1cnc[nH]1)c1ccc(Cl)cc1. The van der Waals surface area contributed by atoms with Gasteiger partial charge >= 0.3 is 0 Å². The highest BCUT2D eigenvalue weighted by atomic mass is 35.5. The third-order valence-electron chi connectivity index (χ3n) is 4.89. The highest BCUT2D eigenvalue weighted by molar-refractivity contribution is 6.30. The summed E-state index contributed by atoms with van der Waals surface area (Å²) < 4.78 is 0. The van der Waals surface area contributed by atoms with E-state index in [1.165, 1.54) is 0 Å². The minimum atomic E-state index is 0.0522. The molecule has 0 amide bonds. The van der Waals surface area contributed by atoms with Crippen LogP contribution in [-0.2, 0) is 6.42 Å². The Morgan fingerprint density at radius 3 is 2.72 bits per heavy atom. The number of nitrogens with two attached hydrogens (primary N) is 1. The van der Waals surface area contributed by atoms with Crippen molar-refractivity contribution in [3.63, 3.8) is 0 Å². The molecule has 0 saturated heterocycles. The van der Waals surface area contributed by atoms with Gasteiger partial charge in [-0.25, -0.2) is 4.98 Å². The molecule has 29 heavy (non-hydrogen) atoms. The van der Waals surface area contributed by atoms with E-state index in [0.29, 0.717) is 29.7 Å². The Hall–Kier alpha value is -2.59.